The van der Waals surface area contributed by atoms with E-state index >= 15 is 0 Å². The van der Waals surface area contributed by atoms with E-state index in [9.17, 15) is 37.0 Å². The summed E-state index contributed by atoms with van der Waals surface area (Å²) in [6.45, 7) is 7.69. The van der Waals surface area contributed by atoms with Gasteiger partial charge >= 0.3 is 0 Å². The first-order valence-corrected chi connectivity index (χ1v) is 24.1. The second kappa shape index (κ2) is 15.7. The molecule has 0 bridgehead atoms. The van der Waals surface area contributed by atoms with Crippen LogP contribution >= 0.6 is 0 Å². The third-order valence-electron chi connectivity index (χ3n) is 13.9. The number of rotatable bonds is 5. The van der Waals surface area contributed by atoms with Gasteiger partial charge in [0.05, 0.1) is 93.1 Å². The highest BCUT2D eigenvalue weighted by atomic mass is 16.3. The Labute approximate surface area is 496 Å². The summed E-state index contributed by atoms with van der Waals surface area (Å²) in [6, 6.07) is -34.5. The topological polar surface area (TPSA) is 40.9 Å². The summed E-state index contributed by atoms with van der Waals surface area (Å²) >= 11 is 0. The molecule has 7 heteroatoms. The lowest BCUT2D eigenvalue weighted by Crippen LogP contribution is -2.61. The average molecular weight is 1030 g/mol. The van der Waals surface area contributed by atoms with Crippen molar-refractivity contribution < 1.29 is 56.8 Å². The van der Waals surface area contributed by atoms with Gasteiger partial charge in [-0.05, 0) is 147 Å². The zero-order chi connectivity index (χ0) is 82.1. The molecule has 10 aromatic carbocycles. The van der Waals surface area contributed by atoms with E-state index in [-0.39, 0.29) is 32.9 Å². The molecule has 16 rings (SSSR count). The highest BCUT2D eigenvalue weighted by molar-refractivity contribution is 7.00. The van der Waals surface area contributed by atoms with E-state index in [0.717, 1.165) is 9.80 Å². The molecule has 0 fully saturated rings. The quantitative estimate of drug-likeness (QED) is 0.161. The van der Waals surface area contributed by atoms with E-state index in [4.69, 9.17) is 19.8 Å². The smallest absolute Gasteiger partial charge is 0.297 e. The molecule has 13 aromatic rings. The lowest BCUT2D eigenvalue weighted by Gasteiger charge is -2.45. The highest BCUT2D eigenvalue weighted by Gasteiger charge is 2.49. The molecule has 3 aliphatic heterocycles. The number of hydrogen-bond acceptors (Lipinski definition) is 5. The molecular formula is C70H53BN4O2. The minimum atomic E-state index is -2.21. The number of furan rings is 2. The Hall–Kier alpha value is -9.20. The SMILES string of the molecule is [2H]c1c([2H])c([2H])c(-c2c([2H])c([2H])c3oc4c(c3c2[2H])N(c2c([2H])c([2H])c3oc5c([2H])c([2H])c([2H])c([2H])c5c3c2[2H])c2c([2H])c(N(c3c([2H])c([2H])c([2H])c([2H])c3[2H])c3c([2H])c([2H])c([2H])c([2H])c3[2H])c([2H])c3c2B4c2c([2H])c([2H])c([2H])c4c2N3c2c([2H])c(C(C)(C)C)c([2H])c3c5c([2H])c(C(C)(C)C)c([2H])c([2H])c5n-4c23)c([2H])c1[2H]. The Morgan fingerprint density at radius 1 is 0.429 bits per heavy atom. The molecular weight excluding hydrogens is 940 g/mol. The van der Waals surface area contributed by atoms with Gasteiger partial charge in [0, 0.05) is 55.4 Å². The largest absolute Gasteiger partial charge is 0.468 e. The lowest BCUT2D eigenvalue weighted by atomic mass is 9.35. The van der Waals surface area contributed by atoms with Gasteiger partial charge in [0.25, 0.3) is 6.71 Å². The van der Waals surface area contributed by atoms with Crippen LogP contribution in [0.15, 0.2) is 220 Å². The minimum absolute atomic E-state index is 0.0132. The maximum absolute atomic E-state index is 11.4. The molecule has 6 nitrogen and oxygen atoms in total. The fourth-order valence-corrected chi connectivity index (χ4v) is 10.5. The summed E-state index contributed by atoms with van der Waals surface area (Å²) in [7, 11) is 0. The number of benzene rings is 10. The molecule has 0 spiro atoms. The van der Waals surface area contributed by atoms with E-state index < -0.39 is 347 Å². The molecule has 3 aliphatic rings. The summed E-state index contributed by atoms with van der Waals surface area (Å²) in [5.74, 6) is 0. The van der Waals surface area contributed by atoms with Gasteiger partial charge in [0.2, 0.25) is 0 Å². The summed E-state index contributed by atoms with van der Waals surface area (Å²) < 4.78 is 354. The van der Waals surface area contributed by atoms with Crippen LogP contribution in [0.1, 0.15) is 101 Å². The molecule has 368 valence electrons. The van der Waals surface area contributed by atoms with Crippen molar-refractivity contribution in [2.24, 2.45) is 0 Å². The van der Waals surface area contributed by atoms with Gasteiger partial charge in [0.15, 0.2) is 0 Å². The third kappa shape index (κ3) is 6.31. The van der Waals surface area contributed by atoms with Crippen molar-refractivity contribution >= 4 is 129 Å². The van der Waals surface area contributed by atoms with Crippen LogP contribution in [0, 0.1) is 0 Å². The number of fused-ring (bicyclic) bond motifs is 14. The molecule has 77 heavy (non-hydrogen) atoms. The number of hydrogen-bond donors (Lipinski definition) is 0. The Balaban J connectivity index is 1.26. The highest BCUT2D eigenvalue weighted by Crippen LogP contribution is 2.56. The predicted molar refractivity (Wildman–Crippen MR) is 323 cm³/mol. The van der Waals surface area contributed by atoms with Crippen LogP contribution in [0.25, 0.3) is 71.5 Å². The summed E-state index contributed by atoms with van der Waals surface area (Å²) in [4.78, 5) is 2.25. The Kier molecular flexibility index (Phi) is 4.44. The van der Waals surface area contributed by atoms with Gasteiger partial charge in [-0.25, -0.2) is 0 Å². The van der Waals surface area contributed by atoms with E-state index in [1.54, 1.807) is 41.5 Å². The molecule has 0 radical (unpaired) electrons. The molecule has 0 N–H and O–H groups in total. The average Bonchev–Trinajstić information content (AvgIpc) is 1.33. The van der Waals surface area contributed by atoms with Crippen LogP contribution < -0.4 is 31.3 Å². The van der Waals surface area contributed by atoms with Gasteiger partial charge in [-0.1, -0.05) is 150 Å². The van der Waals surface area contributed by atoms with Crippen LogP contribution in [-0.2, 0) is 10.8 Å². The minimum Gasteiger partial charge on any atom is -0.468 e. The number of anilines is 9. The van der Waals surface area contributed by atoms with E-state index in [1.165, 1.54) is 4.57 Å². The first-order chi connectivity index (χ1) is 52.1. The molecule has 0 amide bonds. The maximum atomic E-state index is 11.4. The normalized spacial score (nSPS) is 19.9. The van der Waals surface area contributed by atoms with Crippen molar-refractivity contribution in [3.05, 3.63) is 223 Å². The number of aromatic nitrogens is 1. The Morgan fingerprint density at radius 2 is 1.08 bits per heavy atom. The Morgan fingerprint density at radius 3 is 1.82 bits per heavy atom. The molecule has 3 aromatic heterocycles. The van der Waals surface area contributed by atoms with Crippen LogP contribution in [0.4, 0.5) is 51.2 Å². The fraction of sp³-hybridized carbons (Fsp3) is 0.114. The standard InChI is InChI=1S/C70H53BN4O2/c1-69(2,3)44-30-32-56-51(36-44)53-37-45(70(4,5)6)38-60-65(53)74(56)57-27-18-26-55-67(57)75(60)59-41-49(72(46-21-12-8-13-22-46)47-23-14-9-15-24-47)40-58-64(59)71(55)68-66(54-35-43(29-33-63(54)77-68)42-19-10-7-11-20-42)73(58)48-31-34-62-52(39-48)50-25-16-17-28-61(50)76-62/h7-41H,1-6H3/i7D,8D,9D,10D,11D,12D,13D,14D,15D,16D,17D,18D,19D,20D,21D,22D,23D,24D,25D,26D,27D,28D,29D,30D,31D,32D,33D,34D,35D,36D,37D,38D,39D,40D,41D. The van der Waals surface area contributed by atoms with Crippen molar-refractivity contribution in [2.75, 3.05) is 14.7 Å². The Bertz CT molecular complexity index is 6610. The maximum Gasteiger partial charge on any atom is 0.297 e. The summed E-state index contributed by atoms with van der Waals surface area (Å²) in [5, 5.41) is -2.50. The first-order valence-electron chi connectivity index (χ1n) is 41.6. The van der Waals surface area contributed by atoms with Crippen LogP contribution in [0.2, 0.25) is 0 Å². The molecule has 6 heterocycles. The van der Waals surface area contributed by atoms with Crippen molar-refractivity contribution in [1.29, 1.82) is 0 Å². The van der Waals surface area contributed by atoms with E-state index in [1.807, 2.05) is 0 Å². The zero-order valence-corrected chi connectivity index (χ0v) is 41.2. The first kappa shape index (κ1) is 21.8. The molecule has 0 saturated heterocycles. The van der Waals surface area contributed by atoms with Crippen molar-refractivity contribution in [1.82, 2.24) is 4.57 Å². The van der Waals surface area contributed by atoms with Crippen LogP contribution in [0.3, 0.4) is 0 Å². The van der Waals surface area contributed by atoms with Gasteiger partial charge in [-0.15, -0.1) is 0 Å². The lowest BCUT2D eigenvalue weighted by molar-refractivity contribution is 0.590. The van der Waals surface area contributed by atoms with E-state index in [2.05, 4.69) is 0 Å². The zero-order valence-electron chi connectivity index (χ0n) is 76.2. The molecule has 0 saturated carbocycles. The van der Waals surface area contributed by atoms with Gasteiger partial charge in [-0.3, -0.25) is 0 Å². The molecule has 0 unspecified atom stereocenters. The van der Waals surface area contributed by atoms with Crippen molar-refractivity contribution in [2.45, 2.75) is 52.4 Å². The second-order valence-corrected chi connectivity index (χ2v) is 20.6. The van der Waals surface area contributed by atoms with Gasteiger partial charge < -0.3 is 28.1 Å². The van der Waals surface area contributed by atoms with Crippen molar-refractivity contribution in [3.63, 3.8) is 0 Å². The summed E-state index contributed by atoms with van der Waals surface area (Å²) in [5.41, 5.74) is -17.9. The monoisotopic (exact) mass is 1030 g/mol. The van der Waals surface area contributed by atoms with Crippen molar-refractivity contribution in [3.8, 4) is 16.8 Å². The molecule has 0 atom stereocenters. The van der Waals surface area contributed by atoms with Crippen LogP contribution in [0.5, 0.6) is 0 Å². The van der Waals surface area contributed by atoms with Gasteiger partial charge in [-0.2, -0.15) is 0 Å². The molecule has 0 aliphatic carbocycles. The van der Waals surface area contributed by atoms with Crippen LogP contribution in [-0.4, -0.2) is 11.3 Å². The number of nitrogens with zero attached hydrogens (tertiary/aromatic N) is 4. The summed E-state index contributed by atoms with van der Waals surface area (Å²) in [6.07, 6.45) is 0. The predicted octanol–water partition coefficient (Wildman–Crippen LogP) is 17.6. The van der Waals surface area contributed by atoms with E-state index in [0.29, 0.717) is 4.90 Å². The fourth-order valence-electron chi connectivity index (χ4n) is 10.5. The second-order valence-electron chi connectivity index (χ2n) is 20.6. The number of para-hydroxylation sites is 4. The third-order valence-corrected chi connectivity index (χ3v) is 13.9. The van der Waals surface area contributed by atoms with Gasteiger partial charge in [0.1, 0.15) is 16.7 Å².